The zero-order chi connectivity index (χ0) is 18.7. The van der Waals surface area contributed by atoms with Crippen LogP contribution in [-0.4, -0.2) is 53.4 Å². The van der Waals surface area contributed by atoms with E-state index < -0.39 is 11.4 Å². The summed E-state index contributed by atoms with van der Waals surface area (Å²) in [6, 6.07) is 0.313. The van der Waals surface area contributed by atoms with Gasteiger partial charge in [0.15, 0.2) is 0 Å². The first-order valence-electron chi connectivity index (χ1n) is 9.59. The van der Waals surface area contributed by atoms with Gasteiger partial charge >= 0.3 is 5.97 Å². The van der Waals surface area contributed by atoms with Gasteiger partial charge in [0.2, 0.25) is 5.95 Å². The van der Waals surface area contributed by atoms with Crippen molar-refractivity contribution in [1.29, 1.82) is 0 Å². The molecule has 7 heteroatoms. The van der Waals surface area contributed by atoms with E-state index in [4.69, 9.17) is 9.72 Å². The fraction of sp³-hybridized carbons (Fsp3) is 0.737. The van der Waals surface area contributed by atoms with Gasteiger partial charge in [0, 0.05) is 30.9 Å². The van der Waals surface area contributed by atoms with E-state index in [1.807, 2.05) is 0 Å². The van der Waals surface area contributed by atoms with E-state index in [2.05, 4.69) is 22.1 Å². The van der Waals surface area contributed by atoms with Crippen molar-refractivity contribution in [2.45, 2.75) is 57.9 Å². The molecule has 2 aliphatic rings. The molecule has 0 amide bonds. The van der Waals surface area contributed by atoms with Crippen molar-refractivity contribution < 1.29 is 14.6 Å². The number of rotatable bonds is 6. The van der Waals surface area contributed by atoms with Crippen molar-refractivity contribution in [1.82, 2.24) is 9.97 Å². The molecule has 1 saturated carbocycles. The number of morpholine rings is 1. The highest BCUT2D eigenvalue weighted by atomic mass is 16.5. The lowest BCUT2D eigenvalue weighted by Crippen LogP contribution is -2.40. The molecule has 0 spiro atoms. The maximum absolute atomic E-state index is 11.8. The second-order valence-corrected chi connectivity index (χ2v) is 7.94. The van der Waals surface area contributed by atoms with Crippen LogP contribution in [0.25, 0.3) is 0 Å². The Morgan fingerprint density at radius 1 is 1.35 bits per heavy atom. The van der Waals surface area contributed by atoms with E-state index in [9.17, 15) is 9.90 Å². The quantitative estimate of drug-likeness (QED) is 0.804. The molecule has 1 aliphatic carbocycles. The monoisotopic (exact) mass is 362 g/mol. The third-order valence-electron chi connectivity index (χ3n) is 5.75. The minimum Gasteiger partial charge on any atom is -0.481 e. The molecule has 0 bridgehead atoms. The zero-order valence-corrected chi connectivity index (χ0v) is 16.0. The smallest absolute Gasteiger partial charge is 0.313 e. The topological polar surface area (TPSA) is 87.6 Å². The molecular weight excluding hydrogens is 332 g/mol. The number of ether oxygens (including phenoxy) is 1. The molecule has 2 N–H and O–H groups in total. The predicted octanol–water partition coefficient (Wildman–Crippen LogP) is 2.67. The third-order valence-corrected chi connectivity index (χ3v) is 5.75. The lowest BCUT2D eigenvalue weighted by molar-refractivity contribution is -0.142. The number of hydrogen-bond acceptors (Lipinski definition) is 6. The maximum atomic E-state index is 11.8. The van der Waals surface area contributed by atoms with E-state index >= 15 is 0 Å². The molecule has 7 nitrogen and oxygen atoms in total. The second kappa shape index (κ2) is 7.78. The van der Waals surface area contributed by atoms with Crippen molar-refractivity contribution in [3.05, 3.63) is 11.8 Å². The summed E-state index contributed by atoms with van der Waals surface area (Å²) >= 11 is 0. The van der Waals surface area contributed by atoms with Gasteiger partial charge in [0.25, 0.3) is 0 Å². The summed E-state index contributed by atoms with van der Waals surface area (Å²) in [6.07, 6.45) is 6.75. The first-order chi connectivity index (χ1) is 12.4. The van der Waals surface area contributed by atoms with Gasteiger partial charge in [-0.2, -0.15) is 4.98 Å². The Balaban J connectivity index is 1.89. The molecule has 2 fully saturated rings. The Labute approximate surface area is 155 Å². The van der Waals surface area contributed by atoms with Crippen LogP contribution in [0.2, 0.25) is 0 Å². The van der Waals surface area contributed by atoms with Crippen molar-refractivity contribution in [3.63, 3.8) is 0 Å². The average Bonchev–Trinajstić information content (AvgIpc) is 3.17. The molecule has 2 heterocycles. The Hall–Kier alpha value is -1.89. The summed E-state index contributed by atoms with van der Waals surface area (Å²) in [6.45, 7) is 8.24. The lowest BCUT2D eigenvalue weighted by Gasteiger charge is -2.33. The van der Waals surface area contributed by atoms with Gasteiger partial charge in [-0.05, 0) is 39.5 Å². The summed E-state index contributed by atoms with van der Waals surface area (Å²) < 4.78 is 5.44. The van der Waals surface area contributed by atoms with Crippen LogP contribution in [0.3, 0.4) is 0 Å². The number of nitrogens with one attached hydrogen (secondary N) is 1. The van der Waals surface area contributed by atoms with Crippen LogP contribution in [0.4, 0.5) is 11.8 Å². The van der Waals surface area contributed by atoms with E-state index in [1.165, 1.54) is 25.7 Å². The number of anilines is 2. The molecular formula is C19H30N4O3. The first kappa shape index (κ1) is 18.9. The second-order valence-electron chi connectivity index (χ2n) is 7.94. The van der Waals surface area contributed by atoms with E-state index in [0.29, 0.717) is 55.6 Å². The highest BCUT2D eigenvalue weighted by molar-refractivity contribution is 5.82. The van der Waals surface area contributed by atoms with Crippen LogP contribution in [0, 0.1) is 5.92 Å². The van der Waals surface area contributed by atoms with Crippen LogP contribution >= 0.6 is 0 Å². The minimum atomic E-state index is -1.05. The highest BCUT2D eigenvalue weighted by Gasteiger charge is 2.35. The summed E-state index contributed by atoms with van der Waals surface area (Å²) in [4.78, 5) is 23.1. The summed E-state index contributed by atoms with van der Waals surface area (Å²) in [7, 11) is 0. The highest BCUT2D eigenvalue weighted by Crippen LogP contribution is 2.33. The van der Waals surface area contributed by atoms with Crippen molar-refractivity contribution >= 4 is 17.7 Å². The molecule has 144 valence electrons. The molecule has 0 aromatic carbocycles. The largest absolute Gasteiger partial charge is 0.481 e. The van der Waals surface area contributed by atoms with E-state index in [0.717, 1.165) is 0 Å². The number of aromatic nitrogens is 2. The fourth-order valence-corrected chi connectivity index (χ4v) is 3.79. The van der Waals surface area contributed by atoms with E-state index in [-0.39, 0.29) is 0 Å². The number of hydrogen-bond donors (Lipinski definition) is 2. The van der Waals surface area contributed by atoms with Gasteiger partial charge in [-0.25, -0.2) is 4.98 Å². The van der Waals surface area contributed by atoms with Gasteiger partial charge in [-0.1, -0.05) is 12.8 Å². The van der Waals surface area contributed by atoms with Gasteiger partial charge in [0.05, 0.1) is 18.6 Å². The summed E-state index contributed by atoms with van der Waals surface area (Å²) in [5, 5.41) is 13.1. The van der Waals surface area contributed by atoms with Crippen LogP contribution in [-0.2, 0) is 14.9 Å². The molecule has 0 unspecified atom stereocenters. The number of carboxylic acids is 1. The molecule has 1 aliphatic heterocycles. The van der Waals surface area contributed by atoms with Crippen LogP contribution in [0.5, 0.6) is 0 Å². The number of nitrogens with zero attached hydrogens (tertiary/aromatic N) is 3. The molecule has 26 heavy (non-hydrogen) atoms. The normalized spacial score (nSPS) is 20.2. The number of aliphatic carboxylic acids is 1. The number of carboxylic acid groups (broad SMARTS) is 1. The molecule has 1 aromatic heterocycles. The molecule has 1 saturated heterocycles. The molecule has 1 aromatic rings. The first-order valence-corrected chi connectivity index (χ1v) is 9.59. The van der Waals surface area contributed by atoms with Crippen LogP contribution in [0.1, 0.15) is 52.0 Å². The SMILES string of the molecule is C[C@@H](Nc1ncc(C(C)(C)C(=O)O)c(N2CCOCC2)n1)C1CCCC1. The Morgan fingerprint density at radius 3 is 2.62 bits per heavy atom. The molecule has 3 rings (SSSR count). The van der Waals surface area contributed by atoms with Crippen LogP contribution in [0.15, 0.2) is 6.20 Å². The standard InChI is InChI=1S/C19H30N4O3/c1-13(14-6-4-5-7-14)21-18-20-12-15(19(2,3)17(24)25)16(22-18)23-8-10-26-11-9-23/h12-14H,4-11H2,1-3H3,(H,24,25)(H,20,21,22)/t13-/m1/s1. The van der Waals surface area contributed by atoms with Gasteiger partial charge in [-0.15, -0.1) is 0 Å². The van der Waals surface area contributed by atoms with Crippen molar-refractivity contribution in [2.75, 3.05) is 36.5 Å². The van der Waals surface area contributed by atoms with Gasteiger partial charge < -0.3 is 20.1 Å². The molecule has 1 atom stereocenters. The van der Waals surface area contributed by atoms with Crippen molar-refractivity contribution in [2.24, 2.45) is 5.92 Å². The van der Waals surface area contributed by atoms with E-state index in [1.54, 1.807) is 20.0 Å². The predicted molar refractivity (Wildman–Crippen MR) is 101 cm³/mol. The summed E-state index contributed by atoms with van der Waals surface area (Å²) in [5.41, 5.74) is -0.408. The maximum Gasteiger partial charge on any atom is 0.313 e. The minimum absolute atomic E-state index is 0.313. The lowest BCUT2D eigenvalue weighted by atomic mass is 9.85. The average molecular weight is 362 g/mol. The number of carbonyl (C=O) groups is 1. The Bertz CT molecular complexity index is 638. The Kier molecular flexibility index (Phi) is 5.65. The Morgan fingerprint density at radius 2 is 2.00 bits per heavy atom. The molecule has 0 radical (unpaired) electrons. The van der Waals surface area contributed by atoms with Gasteiger partial charge in [0.1, 0.15) is 5.82 Å². The zero-order valence-electron chi connectivity index (χ0n) is 16.0. The van der Waals surface area contributed by atoms with Crippen molar-refractivity contribution in [3.8, 4) is 0 Å². The summed E-state index contributed by atoms with van der Waals surface area (Å²) in [5.74, 6) is 1.06. The van der Waals surface area contributed by atoms with Gasteiger partial charge in [-0.3, -0.25) is 4.79 Å². The fourth-order valence-electron chi connectivity index (χ4n) is 3.79. The van der Waals surface area contributed by atoms with Crippen LogP contribution < -0.4 is 10.2 Å². The third kappa shape index (κ3) is 3.92.